The molecule has 19 heavy (non-hydrogen) atoms. The van der Waals surface area contributed by atoms with Crippen molar-refractivity contribution in [3.05, 3.63) is 18.1 Å². The monoisotopic (exact) mass is 267 g/mol. The molecule has 0 atom stereocenters. The van der Waals surface area contributed by atoms with Crippen molar-refractivity contribution in [2.75, 3.05) is 31.7 Å². The quantitative estimate of drug-likeness (QED) is 0.310. The standard InChI is InChI=1S/C12H21N5O2/c1-3-10-8-12(15-9-14-10)17(6-7-19-2)5-4-11(13)16-18/h8-9,18H,3-7H2,1-2H3,(H2,13,16). The molecule has 7 nitrogen and oxygen atoms in total. The molecule has 0 aliphatic rings. The Morgan fingerprint density at radius 1 is 1.47 bits per heavy atom. The minimum atomic E-state index is 0.201. The zero-order valence-electron chi connectivity index (χ0n) is 11.4. The van der Waals surface area contributed by atoms with E-state index in [2.05, 4.69) is 15.1 Å². The van der Waals surface area contributed by atoms with Crippen LogP contribution in [0.25, 0.3) is 0 Å². The first-order chi connectivity index (χ1) is 9.21. The summed E-state index contributed by atoms with van der Waals surface area (Å²) < 4.78 is 5.09. The summed E-state index contributed by atoms with van der Waals surface area (Å²) in [6.45, 7) is 3.93. The normalized spacial score (nSPS) is 11.6. The minimum absolute atomic E-state index is 0.201. The highest BCUT2D eigenvalue weighted by Crippen LogP contribution is 2.11. The molecular weight excluding hydrogens is 246 g/mol. The first kappa shape index (κ1) is 15.2. The fourth-order valence-corrected chi connectivity index (χ4v) is 1.59. The molecular formula is C12H21N5O2. The van der Waals surface area contributed by atoms with Crippen LogP contribution in [0.3, 0.4) is 0 Å². The van der Waals surface area contributed by atoms with Gasteiger partial charge in [0.15, 0.2) is 0 Å². The molecule has 0 radical (unpaired) electrons. The van der Waals surface area contributed by atoms with Gasteiger partial charge in [-0.1, -0.05) is 12.1 Å². The van der Waals surface area contributed by atoms with Crippen LogP contribution in [0.5, 0.6) is 0 Å². The number of nitrogens with zero attached hydrogens (tertiary/aromatic N) is 4. The number of aryl methyl sites for hydroxylation is 1. The maximum absolute atomic E-state index is 8.57. The predicted octanol–water partition coefficient (Wildman–Crippen LogP) is 0.628. The molecule has 1 aromatic rings. The van der Waals surface area contributed by atoms with Crippen LogP contribution in [0, 0.1) is 0 Å². The molecule has 0 saturated heterocycles. The average Bonchev–Trinajstić information content (AvgIpc) is 2.47. The molecule has 106 valence electrons. The van der Waals surface area contributed by atoms with Crippen molar-refractivity contribution in [3.63, 3.8) is 0 Å². The maximum Gasteiger partial charge on any atom is 0.140 e. The molecule has 3 N–H and O–H groups in total. The molecule has 0 aromatic carbocycles. The van der Waals surface area contributed by atoms with E-state index < -0.39 is 0 Å². The molecule has 0 fully saturated rings. The number of aromatic nitrogens is 2. The Morgan fingerprint density at radius 2 is 2.26 bits per heavy atom. The van der Waals surface area contributed by atoms with Gasteiger partial charge < -0.3 is 20.6 Å². The van der Waals surface area contributed by atoms with Gasteiger partial charge in [-0.2, -0.15) is 0 Å². The van der Waals surface area contributed by atoms with Crippen molar-refractivity contribution in [1.82, 2.24) is 9.97 Å². The van der Waals surface area contributed by atoms with E-state index in [0.29, 0.717) is 26.1 Å². The van der Waals surface area contributed by atoms with E-state index in [-0.39, 0.29) is 5.84 Å². The van der Waals surface area contributed by atoms with Crippen molar-refractivity contribution >= 4 is 11.7 Å². The average molecular weight is 267 g/mol. The SMILES string of the molecule is CCc1cc(N(CCOC)CCC(N)=NO)ncn1. The Labute approximate surface area is 113 Å². The highest BCUT2D eigenvalue weighted by atomic mass is 16.5. The summed E-state index contributed by atoms with van der Waals surface area (Å²) in [6, 6.07) is 1.95. The predicted molar refractivity (Wildman–Crippen MR) is 73.5 cm³/mol. The zero-order valence-corrected chi connectivity index (χ0v) is 11.4. The molecule has 1 heterocycles. The van der Waals surface area contributed by atoms with Crippen molar-refractivity contribution in [2.45, 2.75) is 19.8 Å². The van der Waals surface area contributed by atoms with Crippen LogP contribution >= 0.6 is 0 Å². The fraction of sp³-hybridized carbons (Fsp3) is 0.583. The Hall–Kier alpha value is -1.89. The number of nitrogens with two attached hydrogens (primary N) is 1. The van der Waals surface area contributed by atoms with Crippen molar-refractivity contribution in [1.29, 1.82) is 0 Å². The summed E-state index contributed by atoms with van der Waals surface area (Å²) in [7, 11) is 1.65. The molecule has 1 aromatic heterocycles. The second-order valence-corrected chi connectivity index (χ2v) is 4.04. The smallest absolute Gasteiger partial charge is 0.140 e. The van der Waals surface area contributed by atoms with Gasteiger partial charge in [0.05, 0.1) is 6.61 Å². The molecule has 0 aliphatic heterocycles. The topological polar surface area (TPSA) is 96.9 Å². The lowest BCUT2D eigenvalue weighted by atomic mass is 10.3. The summed E-state index contributed by atoms with van der Waals surface area (Å²) in [4.78, 5) is 10.5. The van der Waals surface area contributed by atoms with Crippen LogP contribution in [0.15, 0.2) is 17.5 Å². The van der Waals surface area contributed by atoms with E-state index in [0.717, 1.165) is 17.9 Å². The summed E-state index contributed by atoms with van der Waals surface area (Å²) in [5.41, 5.74) is 6.48. The highest BCUT2D eigenvalue weighted by Gasteiger charge is 2.09. The third-order valence-corrected chi connectivity index (χ3v) is 2.73. The van der Waals surface area contributed by atoms with Crippen molar-refractivity contribution in [2.24, 2.45) is 10.9 Å². The zero-order chi connectivity index (χ0) is 14.1. The third-order valence-electron chi connectivity index (χ3n) is 2.73. The van der Waals surface area contributed by atoms with Gasteiger partial charge in [-0.3, -0.25) is 0 Å². The van der Waals surface area contributed by atoms with Gasteiger partial charge in [0.2, 0.25) is 0 Å². The lowest BCUT2D eigenvalue weighted by Gasteiger charge is -2.23. The summed E-state index contributed by atoms with van der Waals surface area (Å²) in [5, 5.41) is 11.5. The Bertz CT molecular complexity index is 411. The van der Waals surface area contributed by atoms with E-state index in [4.69, 9.17) is 15.7 Å². The van der Waals surface area contributed by atoms with Gasteiger partial charge in [0.1, 0.15) is 18.0 Å². The van der Waals surface area contributed by atoms with Crippen LogP contribution in [-0.2, 0) is 11.2 Å². The van der Waals surface area contributed by atoms with Crippen LogP contribution < -0.4 is 10.6 Å². The fourth-order valence-electron chi connectivity index (χ4n) is 1.59. The largest absolute Gasteiger partial charge is 0.409 e. The summed E-state index contributed by atoms with van der Waals surface area (Å²) in [5.74, 6) is 1.03. The molecule has 0 aliphatic carbocycles. The molecule has 0 unspecified atom stereocenters. The molecule has 1 rings (SSSR count). The number of hydrogen-bond acceptors (Lipinski definition) is 6. The van der Waals surface area contributed by atoms with Gasteiger partial charge in [-0.15, -0.1) is 0 Å². The van der Waals surface area contributed by atoms with Crippen LogP contribution in [-0.4, -0.2) is 47.8 Å². The van der Waals surface area contributed by atoms with Gasteiger partial charge in [0.25, 0.3) is 0 Å². The van der Waals surface area contributed by atoms with E-state index in [1.54, 1.807) is 13.4 Å². The number of ether oxygens (including phenoxy) is 1. The molecule has 0 bridgehead atoms. The first-order valence-corrected chi connectivity index (χ1v) is 6.22. The van der Waals surface area contributed by atoms with E-state index >= 15 is 0 Å². The molecule has 0 saturated carbocycles. The van der Waals surface area contributed by atoms with Gasteiger partial charge in [-0.05, 0) is 6.42 Å². The van der Waals surface area contributed by atoms with Crippen LogP contribution in [0.1, 0.15) is 19.0 Å². The minimum Gasteiger partial charge on any atom is -0.409 e. The summed E-state index contributed by atoms with van der Waals surface area (Å²) in [6.07, 6.45) is 2.87. The molecule has 7 heteroatoms. The number of anilines is 1. The van der Waals surface area contributed by atoms with Crippen LogP contribution in [0.4, 0.5) is 5.82 Å². The summed E-state index contributed by atoms with van der Waals surface area (Å²) >= 11 is 0. The lowest BCUT2D eigenvalue weighted by molar-refractivity contribution is 0.205. The maximum atomic E-state index is 8.57. The molecule has 0 spiro atoms. The Balaban J connectivity index is 2.76. The Kier molecular flexibility index (Phi) is 6.59. The van der Waals surface area contributed by atoms with Crippen LogP contribution in [0.2, 0.25) is 0 Å². The van der Waals surface area contributed by atoms with Crippen molar-refractivity contribution in [3.8, 4) is 0 Å². The second kappa shape index (κ2) is 8.25. The van der Waals surface area contributed by atoms with E-state index in [9.17, 15) is 0 Å². The number of rotatable bonds is 8. The second-order valence-electron chi connectivity index (χ2n) is 4.04. The highest BCUT2D eigenvalue weighted by molar-refractivity contribution is 5.80. The first-order valence-electron chi connectivity index (χ1n) is 6.22. The number of amidine groups is 1. The lowest BCUT2D eigenvalue weighted by Crippen LogP contribution is -2.32. The molecule has 0 amide bonds. The number of methoxy groups -OCH3 is 1. The van der Waals surface area contributed by atoms with Gasteiger partial charge in [-0.25, -0.2) is 9.97 Å². The van der Waals surface area contributed by atoms with Gasteiger partial charge >= 0.3 is 0 Å². The van der Waals surface area contributed by atoms with E-state index in [1.807, 2.05) is 17.9 Å². The number of oxime groups is 1. The van der Waals surface area contributed by atoms with Gasteiger partial charge in [0, 0.05) is 38.4 Å². The third kappa shape index (κ3) is 5.09. The number of hydrogen-bond donors (Lipinski definition) is 2. The Morgan fingerprint density at radius 3 is 2.89 bits per heavy atom. The van der Waals surface area contributed by atoms with Crippen molar-refractivity contribution < 1.29 is 9.94 Å². The van der Waals surface area contributed by atoms with E-state index in [1.165, 1.54) is 0 Å².